The number of methoxy groups -OCH3 is 1. The van der Waals surface area contributed by atoms with Gasteiger partial charge in [0.05, 0.1) is 18.9 Å². The van der Waals surface area contributed by atoms with Gasteiger partial charge in [-0.05, 0) is 30.7 Å². The first-order valence-corrected chi connectivity index (χ1v) is 9.04. The van der Waals surface area contributed by atoms with Gasteiger partial charge in [-0.1, -0.05) is 29.0 Å². The summed E-state index contributed by atoms with van der Waals surface area (Å²) < 4.78 is 19.8. The summed E-state index contributed by atoms with van der Waals surface area (Å²) in [5, 5.41) is 0.676. The van der Waals surface area contributed by atoms with E-state index in [1.807, 2.05) is 31.2 Å². The van der Waals surface area contributed by atoms with Gasteiger partial charge in [0.2, 0.25) is 0 Å². The number of hydrogen-bond acceptors (Lipinski definition) is 6. The lowest BCUT2D eigenvalue weighted by molar-refractivity contribution is 0.407. The molecule has 0 saturated heterocycles. The van der Waals surface area contributed by atoms with Crippen LogP contribution in [-0.4, -0.2) is 28.6 Å². The van der Waals surface area contributed by atoms with E-state index < -0.39 is 5.82 Å². The number of fused-ring (bicyclic) bond motifs is 1. The van der Waals surface area contributed by atoms with E-state index in [-0.39, 0.29) is 5.15 Å². The Hall–Kier alpha value is -2.51. The molecule has 1 aliphatic heterocycles. The van der Waals surface area contributed by atoms with Gasteiger partial charge >= 0.3 is 0 Å². The predicted molar refractivity (Wildman–Crippen MR) is 102 cm³/mol. The minimum Gasteiger partial charge on any atom is -0.494 e. The number of halogens is 2. The van der Waals surface area contributed by atoms with Crippen LogP contribution in [0.5, 0.6) is 5.75 Å². The Kier molecular flexibility index (Phi) is 4.34. The second-order valence-corrected chi connectivity index (χ2v) is 7.00. The lowest BCUT2D eigenvalue weighted by Gasteiger charge is -2.26. The standard InChI is InChI=1S/C18H14ClFN4OS/c1-10-8-11(14-13(25-2)9-22-16(19)15(14)20)5-7-24(10)18-23-12-4-3-6-21-17(12)26-18/h3-6,8-9H,7H2,1-2H3. The molecule has 0 radical (unpaired) electrons. The molecule has 132 valence electrons. The number of nitrogens with zero attached hydrogens (tertiary/aromatic N) is 4. The zero-order chi connectivity index (χ0) is 18.3. The van der Waals surface area contributed by atoms with Crippen LogP contribution >= 0.6 is 22.9 Å². The molecule has 0 spiro atoms. The van der Waals surface area contributed by atoms with Crippen molar-refractivity contribution in [1.29, 1.82) is 0 Å². The summed E-state index contributed by atoms with van der Waals surface area (Å²) in [6.07, 6.45) is 6.99. The lowest BCUT2D eigenvalue weighted by atomic mass is 10.0. The number of aromatic nitrogens is 3. The predicted octanol–water partition coefficient (Wildman–Crippen LogP) is 4.69. The average molecular weight is 389 g/mol. The van der Waals surface area contributed by atoms with Crippen molar-refractivity contribution in [3.8, 4) is 5.75 Å². The van der Waals surface area contributed by atoms with E-state index in [0.717, 1.165) is 21.2 Å². The van der Waals surface area contributed by atoms with Crippen molar-refractivity contribution in [2.75, 3.05) is 18.6 Å². The smallest absolute Gasteiger partial charge is 0.192 e. The molecule has 0 saturated carbocycles. The van der Waals surface area contributed by atoms with Gasteiger partial charge in [0.25, 0.3) is 0 Å². The van der Waals surface area contributed by atoms with Crippen LogP contribution in [0.15, 0.2) is 42.4 Å². The van der Waals surface area contributed by atoms with Gasteiger partial charge in [0.15, 0.2) is 16.1 Å². The fraction of sp³-hybridized carbons (Fsp3) is 0.167. The fourth-order valence-electron chi connectivity index (χ4n) is 2.84. The van der Waals surface area contributed by atoms with Crippen molar-refractivity contribution >= 4 is 44.0 Å². The monoisotopic (exact) mass is 388 g/mol. The molecule has 0 bridgehead atoms. The molecule has 1 aliphatic rings. The van der Waals surface area contributed by atoms with Crippen molar-refractivity contribution in [3.63, 3.8) is 0 Å². The van der Waals surface area contributed by atoms with E-state index in [1.165, 1.54) is 24.6 Å². The van der Waals surface area contributed by atoms with Crippen LogP contribution in [0.3, 0.4) is 0 Å². The van der Waals surface area contributed by atoms with Crippen LogP contribution in [0.2, 0.25) is 5.15 Å². The summed E-state index contributed by atoms with van der Waals surface area (Å²) in [5.74, 6) is -0.237. The normalized spacial score (nSPS) is 14.4. The Balaban J connectivity index is 1.71. The molecule has 0 atom stereocenters. The summed E-state index contributed by atoms with van der Waals surface area (Å²) in [7, 11) is 1.48. The quantitative estimate of drug-likeness (QED) is 0.609. The second kappa shape index (κ2) is 6.66. The molecule has 4 rings (SSSR count). The number of allylic oxidation sites excluding steroid dienone is 3. The highest BCUT2D eigenvalue weighted by Gasteiger charge is 2.22. The van der Waals surface area contributed by atoms with Gasteiger partial charge in [0.1, 0.15) is 16.1 Å². The van der Waals surface area contributed by atoms with Crippen LogP contribution in [0.25, 0.3) is 15.9 Å². The number of ether oxygens (including phenoxy) is 1. The molecule has 0 N–H and O–H groups in total. The van der Waals surface area contributed by atoms with E-state index in [4.69, 9.17) is 16.3 Å². The van der Waals surface area contributed by atoms with Crippen molar-refractivity contribution in [2.24, 2.45) is 0 Å². The molecular formula is C18H14ClFN4OS. The van der Waals surface area contributed by atoms with Crippen LogP contribution < -0.4 is 9.64 Å². The van der Waals surface area contributed by atoms with E-state index in [0.29, 0.717) is 23.4 Å². The van der Waals surface area contributed by atoms with Crippen molar-refractivity contribution < 1.29 is 9.13 Å². The third-order valence-electron chi connectivity index (χ3n) is 4.12. The Morgan fingerprint density at radius 1 is 1.35 bits per heavy atom. The molecular weight excluding hydrogens is 375 g/mol. The zero-order valence-electron chi connectivity index (χ0n) is 14.0. The first-order valence-electron chi connectivity index (χ1n) is 7.84. The van der Waals surface area contributed by atoms with Gasteiger partial charge in [0, 0.05) is 18.4 Å². The SMILES string of the molecule is COc1cnc(Cl)c(F)c1C1=CCN(c2nc3cccnc3s2)C(C)=C1. The average Bonchev–Trinajstić information content (AvgIpc) is 3.07. The Morgan fingerprint density at radius 2 is 2.19 bits per heavy atom. The minimum absolute atomic E-state index is 0.174. The maximum absolute atomic E-state index is 14.5. The molecule has 0 amide bonds. The van der Waals surface area contributed by atoms with Crippen LogP contribution in [0, 0.1) is 5.82 Å². The largest absolute Gasteiger partial charge is 0.494 e. The highest BCUT2D eigenvalue weighted by Crippen LogP contribution is 2.37. The highest BCUT2D eigenvalue weighted by atomic mass is 35.5. The molecule has 0 fully saturated rings. The van der Waals surface area contributed by atoms with Gasteiger partial charge in [-0.25, -0.2) is 19.3 Å². The maximum Gasteiger partial charge on any atom is 0.192 e. The van der Waals surface area contributed by atoms with Gasteiger partial charge < -0.3 is 9.64 Å². The number of anilines is 1. The Bertz CT molecular complexity index is 1030. The van der Waals surface area contributed by atoms with E-state index in [1.54, 1.807) is 6.20 Å². The second-order valence-electron chi connectivity index (χ2n) is 5.69. The molecule has 3 aromatic rings. The maximum atomic E-state index is 14.5. The van der Waals surface area contributed by atoms with Gasteiger partial charge in [-0.15, -0.1) is 0 Å². The van der Waals surface area contributed by atoms with Crippen molar-refractivity contribution in [3.05, 3.63) is 58.9 Å². The zero-order valence-corrected chi connectivity index (χ0v) is 15.6. The van der Waals surface area contributed by atoms with Crippen LogP contribution in [-0.2, 0) is 0 Å². The van der Waals surface area contributed by atoms with Crippen LogP contribution in [0.1, 0.15) is 12.5 Å². The Labute approximate surface area is 158 Å². The van der Waals surface area contributed by atoms with Crippen molar-refractivity contribution in [2.45, 2.75) is 6.92 Å². The summed E-state index contributed by atoms with van der Waals surface area (Å²) in [5.41, 5.74) is 2.83. The third-order valence-corrected chi connectivity index (χ3v) is 5.39. The molecule has 8 heteroatoms. The third kappa shape index (κ3) is 2.83. The summed E-state index contributed by atoms with van der Waals surface area (Å²) in [4.78, 5) is 15.7. The van der Waals surface area contributed by atoms with Crippen molar-refractivity contribution in [1.82, 2.24) is 15.0 Å². The molecule has 0 aromatic carbocycles. The summed E-state index contributed by atoms with van der Waals surface area (Å²) in [6.45, 7) is 2.51. The number of pyridine rings is 2. The lowest BCUT2D eigenvalue weighted by Crippen LogP contribution is -2.23. The molecule has 0 aliphatic carbocycles. The molecule has 0 unspecified atom stereocenters. The minimum atomic E-state index is -0.584. The van der Waals surface area contributed by atoms with E-state index in [2.05, 4.69) is 19.9 Å². The van der Waals surface area contributed by atoms with E-state index >= 15 is 0 Å². The van der Waals surface area contributed by atoms with Gasteiger partial charge in [-0.3, -0.25) is 0 Å². The number of thiazole rings is 1. The summed E-state index contributed by atoms with van der Waals surface area (Å²) >= 11 is 7.37. The highest BCUT2D eigenvalue weighted by molar-refractivity contribution is 7.21. The van der Waals surface area contributed by atoms with E-state index in [9.17, 15) is 4.39 Å². The molecule has 4 heterocycles. The Morgan fingerprint density at radius 3 is 2.92 bits per heavy atom. The topological polar surface area (TPSA) is 51.1 Å². The number of rotatable bonds is 3. The van der Waals surface area contributed by atoms with Gasteiger partial charge in [-0.2, -0.15) is 0 Å². The molecule has 26 heavy (non-hydrogen) atoms. The van der Waals surface area contributed by atoms with Crippen LogP contribution in [0.4, 0.5) is 9.52 Å². The first kappa shape index (κ1) is 16.9. The molecule has 3 aromatic heterocycles. The molecule has 5 nitrogen and oxygen atoms in total. The fourth-order valence-corrected chi connectivity index (χ4v) is 3.96. The summed E-state index contributed by atoms with van der Waals surface area (Å²) in [6, 6.07) is 3.80. The first-order chi connectivity index (χ1) is 12.6. The number of hydrogen-bond donors (Lipinski definition) is 0.